The third-order valence-corrected chi connectivity index (χ3v) is 4.74. The summed E-state index contributed by atoms with van der Waals surface area (Å²) in [6.07, 6.45) is 6.92. The number of nitrogens with zero attached hydrogens (tertiary/aromatic N) is 5. The molecule has 1 N–H and O–H groups in total. The van der Waals surface area contributed by atoms with Gasteiger partial charge in [0, 0.05) is 31.4 Å². The van der Waals surface area contributed by atoms with Crippen LogP contribution in [0, 0.1) is 0 Å². The van der Waals surface area contributed by atoms with Crippen molar-refractivity contribution in [1.29, 1.82) is 0 Å². The van der Waals surface area contributed by atoms with Gasteiger partial charge in [0.1, 0.15) is 10.4 Å². The van der Waals surface area contributed by atoms with Crippen molar-refractivity contribution >= 4 is 28.4 Å². The Morgan fingerprint density at radius 2 is 2.27 bits per heavy atom. The quantitative estimate of drug-likeness (QED) is 0.779. The lowest BCUT2D eigenvalue weighted by Crippen LogP contribution is -2.39. The monoisotopic (exact) mass is 314 g/mol. The predicted octanol–water partition coefficient (Wildman–Crippen LogP) is 1.83. The lowest BCUT2D eigenvalue weighted by Gasteiger charge is -2.31. The van der Waals surface area contributed by atoms with E-state index in [1.54, 1.807) is 24.1 Å². The summed E-state index contributed by atoms with van der Waals surface area (Å²) in [6, 6.07) is 0. The van der Waals surface area contributed by atoms with Crippen molar-refractivity contribution in [1.82, 2.24) is 30.0 Å². The SMILES string of the molecule is O=C(c1cncs1)N1CCCC(c2[nH]nc3nccnc23)C1. The Balaban J connectivity index is 1.60. The van der Waals surface area contributed by atoms with Crippen LogP contribution in [0.1, 0.15) is 34.1 Å². The van der Waals surface area contributed by atoms with Crippen LogP contribution in [0.4, 0.5) is 0 Å². The lowest BCUT2D eigenvalue weighted by atomic mass is 9.94. The van der Waals surface area contributed by atoms with Crippen LogP contribution < -0.4 is 0 Å². The van der Waals surface area contributed by atoms with Crippen LogP contribution >= 0.6 is 11.3 Å². The maximum atomic E-state index is 12.5. The fourth-order valence-electron chi connectivity index (χ4n) is 2.93. The summed E-state index contributed by atoms with van der Waals surface area (Å²) in [5.74, 6) is 0.273. The van der Waals surface area contributed by atoms with E-state index in [0.717, 1.165) is 30.6 Å². The van der Waals surface area contributed by atoms with Crippen molar-refractivity contribution in [2.75, 3.05) is 13.1 Å². The van der Waals surface area contributed by atoms with Gasteiger partial charge in [-0.1, -0.05) is 0 Å². The van der Waals surface area contributed by atoms with Gasteiger partial charge < -0.3 is 4.90 Å². The molecule has 7 nitrogen and oxygen atoms in total. The van der Waals surface area contributed by atoms with Crippen molar-refractivity contribution < 1.29 is 4.79 Å². The largest absolute Gasteiger partial charge is 0.337 e. The van der Waals surface area contributed by atoms with E-state index in [0.29, 0.717) is 17.1 Å². The third kappa shape index (κ3) is 2.25. The molecule has 1 atom stereocenters. The Labute approximate surface area is 130 Å². The van der Waals surface area contributed by atoms with Gasteiger partial charge in [-0.25, -0.2) is 9.97 Å². The Kier molecular flexibility index (Phi) is 3.30. The molecule has 4 rings (SSSR count). The summed E-state index contributed by atoms with van der Waals surface area (Å²) in [5, 5.41) is 7.26. The van der Waals surface area contributed by atoms with Crippen LogP contribution in [0.25, 0.3) is 11.2 Å². The summed E-state index contributed by atoms with van der Waals surface area (Å²) < 4.78 is 0. The summed E-state index contributed by atoms with van der Waals surface area (Å²) in [4.78, 5) is 27.6. The molecule has 0 saturated carbocycles. The van der Waals surface area contributed by atoms with Gasteiger partial charge in [-0.3, -0.25) is 14.9 Å². The molecule has 0 aromatic carbocycles. The predicted molar refractivity (Wildman–Crippen MR) is 81.7 cm³/mol. The van der Waals surface area contributed by atoms with E-state index in [9.17, 15) is 4.79 Å². The molecule has 1 aliphatic heterocycles. The molecule has 8 heteroatoms. The third-order valence-electron chi connectivity index (χ3n) is 3.98. The number of rotatable bonds is 2. The molecule has 3 aromatic rings. The van der Waals surface area contributed by atoms with Crippen LogP contribution in [0.15, 0.2) is 24.1 Å². The molecule has 1 saturated heterocycles. The van der Waals surface area contributed by atoms with Crippen LogP contribution in [-0.2, 0) is 0 Å². The Hall–Kier alpha value is -2.35. The summed E-state index contributed by atoms with van der Waals surface area (Å²) in [7, 11) is 0. The van der Waals surface area contributed by atoms with Gasteiger partial charge in [0.05, 0.1) is 17.4 Å². The highest BCUT2D eigenvalue weighted by atomic mass is 32.1. The van der Waals surface area contributed by atoms with E-state index in [1.807, 2.05) is 4.90 Å². The van der Waals surface area contributed by atoms with E-state index < -0.39 is 0 Å². The summed E-state index contributed by atoms with van der Waals surface area (Å²) in [6.45, 7) is 1.45. The minimum Gasteiger partial charge on any atom is -0.337 e. The maximum absolute atomic E-state index is 12.5. The first-order valence-corrected chi connectivity index (χ1v) is 8.03. The number of hydrogen-bond acceptors (Lipinski definition) is 6. The molecular weight excluding hydrogens is 300 g/mol. The Morgan fingerprint density at radius 1 is 1.36 bits per heavy atom. The maximum Gasteiger partial charge on any atom is 0.265 e. The molecule has 0 bridgehead atoms. The first kappa shape index (κ1) is 13.3. The zero-order chi connectivity index (χ0) is 14.9. The molecule has 1 fully saturated rings. The Morgan fingerprint density at radius 3 is 3.14 bits per heavy atom. The topological polar surface area (TPSA) is 87.7 Å². The van der Waals surface area contributed by atoms with E-state index in [2.05, 4.69) is 25.1 Å². The number of likely N-dealkylation sites (tertiary alicyclic amines) is 1. The highest BCUT2D eigenvalue weighted by Gasteiger charge is 2.28. The number of H-pyrrole nitrogens is 1. The molecule has 4 heterocycles. The number of hydrogen-bond donors (Lipinski definition) is 1. The van der Waals surface area contributed by atoms with Crippen LogP contribution in [0.5, 0.6) is 0 Å². The molecule has 1 aliphatic rings. The zero-order valence-electron chi connectivity index (χ0n) is 11.8. The van der Waals surface area contributed by atoms with Crippen molar-refractivity contribution in [2.24, 2.45) is 0 Å². The van der Waals surface area contributed by atoms with Gasteiger partial charge in [0.15, 0.2) is 5.65 Å². The number of carbonyl (C=O) groups is 1. The number of nitrogens with one attached hydrogen (secondary N) is 1. The number of amides is 1. The summed E-state index contributed by atoms with van der Waals surface area (Å²) in [5.41, 5.74) is 4.10. The molecule has 0 spiro atoms. The highest BCUT2D eigenvalue weighted by molar-refractivity contribution is 7.11. The first-order valence-electron chi connectivity index (χ1n) is 7.15. The van der Waals surface area contributed by atoms with Crippen LogP contribution in [-0.4, -0.2) is 49.0 Å². The standard InChI is InChI=1S/C14H14N6OS/c21-14(10-6-15-8-22-10)20-5-1-2-9(7-20)11-12-13(19-18-11)17-4-3-16-12/h3-4,6,8-9H,1-2,5,7H2,(H,17,18,19). The van der Waals surface area contributed by atoms with E-state index >= 15 is 0 Å². The zero-order valence-corrected chi connectivity index (χ0v) is 12.6. The second kappa shape index (κ2) is 5.45. The number of fused-ring (bicyclic) bond motifs is 1. The second-order valence-electron chi connectivity index (χ2n) is 5.32. The first-order chi connectivity index (χ1) is 10.8. The van der Waals surface area contributed by atoms with Crippen LogP contribution in [0.3, 0.4) is 0 Å². The van der Waals surface area contributed by atoms with Gasteiger partial charge in [-0.15, -0.1) is 11.3 Å². The number of thiazole rings is 1. The average Bonchev–Trinajstić information content (AvgIpc) is 3.24. The molecule has 22 heavy (non-hydrogen) atoms. The van der Waals surface area contributed by atoms with Crippen molar-refractivity contribution in [3.05, 3.63) is 34.7 Å². The average molecular weight is 314 g/mol. The molecule has 0 aliphatic carbocycles. The summed E-state index contributed by atoms with van der Waals surface area (Å²) >= 11 is 1.38. The van der Waals surface area contributed by atoms with E-state index in [1.165, 1.54) is 11.3 Å². The molecule has 0 radical (unpaired) electrons. The van der Waals surface area contributed by atoms with Crippen molar-refractivity contribution in [3.63, 3.8) is 0 Å². The fourth-order valence-corrected chi connectivity index (χ4v) is 3.51. The Bertz CT molecular complexity index is 799. The molecule has 1 unspecified atom stereocenters. The smallest absolute Gasteiger partial charge is 0.265 e. The molecule has 1 amide bonds. The normalized spacial score (nSPS) is 18.7. The fraction of sp³-hybridized carbons (Fsp3) is 0.357. The number of carbonyl (C=O) groups excluding carboxylic acids is 1. The van der Waals surface area contributed by atoms with Gasteiger partial charge in [0.25, 0.3) is 5.91 Å². The molecule has 3 aromatic heterocycles. The highest BCUT2D eigenvalue weighted by Crippen LogP contribution is 2.29. The van der Waals surface area contributed by atoms with Crippen LogP contribution in [0.2, 0.25) is 0 Å². The van der Waals surface area contributed by atoms with Gasteiger partial charge in [-0.2, -0.15) is 5.10 Å². The molecular formula is C14H14N6OS. The van der Waals surface area contributed by atoms with E-state index in [-0.39, 0.29) is 11.8 Å². The second-order valence-corrected chi connectivity index (χ2v) is 6.21. The number of aromatic nitrogens is 5. The van der Waals surface area contributed by atoms with Crippen molar-refractivity contribution in [3.8, 4) is 0 Å². The number of aromatic amines is 1. The van der Waals surface area contributed by atoms with Gasteiger partial charge in [-0.05, 0) is 12.8 Å². The minimum absolute atomic E-state index is 0.0575. The van der Waals surface area contributed by atoms with E-state index in [4.69, 9.17) is 0 Å². The lowest BCUT2D eigenvalue weighted by molar-refractivity contribution is 0.0711. The van der Waals surface area contributed by atoms with Crippen molar-refractivity contribution in [2.45, 2.75) is 18.8 Å². The van der Waals surface area contributed by atoms with Gasteiger partial charge >= 0.3 is 0 Å². The van der Waals surface area contributed by atoms with Gasteiger partial charge in [0.2, 0.25) is 0 Å². The molecule has 112 valence electrons. The minimum atomic E-state index is 0.0575. The number of piperidine rings is 1.